The maximum atomic E-state index is 13.3. The van der Waals surface area contributed by atoms with Crippen LogP contribution in [0.4, 0.5) is 5.13 Å². The molecule has 1 aromatic carbocycles. The predicted molar refractivity (Wildman–Crippen MR) is 165 cm³/mol. The average Bonchev–Trinajstić information content (AvgIpc) is 3.70. The van der Waals surface area contributed by atoms with E-state index in [0.29, 0.717) is 27.0 Å². The summed E-state index contributed by atoms with van der Waals surface area (Å²) in [5.74, 6) is -3.54. The van der Waals surface area contributed by atoms with Crippen LogP contribution in [0.2, 0.25) is 0 Å². The molecule has 2 aliphatic rings. The van der Waals surface area contributed by atoms with Crippen LogP contribution in [0.1, 0.15) is 11.3 Å². The number of carboxylic acids is 1. The molecule has 0 bridgehead atoms. The van der Waals surface area contributed by atoms with Crippen molar-refractivity contribution in [2.45, 2.75) is 15.8 Å². The number of phenols is 2. The number of aromatic nitrogens is 3. The monoisotopic (exact) mass is 691 g/mol. The lowest BCUT2D eigenvalue weighted by atomic mass is 10.0. The number of carboxylic acid groups (broad SMARTS) is 1. The van der Waals surface area contributed by atoms with E-state index in [1.807, 2.05) is 0 Å². The first-order valence-corrected chi connectivity index (χ1v) is 16.3. The van der Waals surface area contributed by atoms with Gasteiger partial charge in [0.15, 0.2) is 33.3 Å². The van der Waals surface area contributed by atoms with Gasteiger partial charge < -0.3 is 31.2 Å². The summed E-state index contributed by atoms with van der Waals surface area (Å²) in [6.45, 7) is -0.659. The number of phenolic OH excluding ortho intramolecular Hbond substituents is 2. The number of nitrogen functional groups attached to an aromatic ring is 1. The maximum absolute atomic E-state index is 13.3. The largest absolute Gasteiger partial charge is 0.504 e. The molecule has 5 rings (SSSR count). The molecule has 0 saturated carbocycles. The van der Waals surface area contributed by atoms with E-state index in [4.69, 9.17) is 10.6 Å². The van der Waals surface area contributed by atoms with E-state index in [9.17, 15) is 34.5 Å². The molecule has 4 heterocycles. The lowest BCUT2D eigenvalue weighted by molar-refractivity contribution is -0.150. The van der Waals surface area contributed by atoms with E-state index in [1.54, 1.807) is 5.51 Å². The minimum atomic E-state index is -1.26. The molecular weight excluding hydrogens is 671 g/mol. The Morgan fingerprint density at radius 3 is 2.76 bits per heavy atom. The van der Waals surface area contributed by atoms with Crippen LogP contribution in [-0.2, 0) is 24.0 Å². The summed E-state index contributed by atoms with van der Waals surface area (Å²) in [4.78, 5) is 60.9. The third-order valence-electron chi connectivity index (χ3n) is 5.98. The van der Waals surface area contributed by atoms with Crippen molar-refractivity contribution in [3.05, 3.63) is 51.6 Å². The van der Waals surface area contributed by atoms with E-state index < -0.39 is 41.7 Å². The van der Waals surface area contributed by atoms with Gasteiger partial charge in [0.25, 0.3) is 17.7 Å². The lowest BCUT2D eigenvalue weighted by Crippen LogP contribution is -2.71. The van der Waals surface area contributed by atoms with Crippen molar-refractivity contribution in [2.75, 3.05) is 23.8 Å². The standard InChI is InChI=1S/C24H21N9O8S4/c25-23-28-12(8-43-23)16(32-41-5-15(36)30-26-4-10-1-2-13(34)14(35)3-10)19(37)29-17-20(38)33-18(22(39)40)11(6-42-21(17)33)7-44-24-31-27-9-45-24/h1-4,8-9,17,21,34-35H,5-7H2,(H2,25,28)(H,29,37)(H,30,36)(H,39,40)/b26-4+,32-16-/t17?,21-/m1/s1. The van der Waals surface area contributed by atoms with E-state index in [1.165, 1.54) is 64.7 Å². The van der Waals surface area contributed by atoms with Crippen molar-refractivity contribution in [2.24, 2.45) is 10.3 Å². The fourth-order valence-corrected chi connectivity index (χ4v) is 7.49. The van der Waals surface area contributed by atoms with Crippen LogP contribution in [0.15, 0.2) is 55.0 Å². The molecule has 21 heteroatoms. The summed E-state index contributed by atoms with van der Waals surface area (Å²) in [6.07, 6.45) is 1.21. The van der Waals surface area contributed by atoms with Gasteiger partial charge in [-0.2, -0.15) is 5.10 Å². The second-order valence-electron chi connectivity index (χ2n) is 8.94. The molecule has 17 nitrogen and oxygen atoms in total. The molecule has 2 aliphatic heterocycles. The molecule has 3 amide bonds. The van der Waals surface area contributed by atoms with Gasteiger partial charge >= 0.3 is 5.97 Å². The average molecular weight is 692 g/mol. The number of nitrogens with two attached hydrogens (primary N) is 1. The van der Waals surface area contributed by atoms with Gasteiger partial charge in [-0.25, -0.2) is 15.2 Å². The SMILES string of the molecule is Nc1nc(/C(=N/OCC(=O)N/N=C/c2ccc(O)c(O)c2)C(=O)NC2C(=O)N3C(C(=O)O)=C(CSc4nncs4)CS[C@H]23)cs1. The molecule has 0 radical (unpaired) electrons. The number of anilines is 1. The number of thioether (sulfide) groups is 2. The van der Waals surface area contributed by atoms with Crippen molar-refractivity contribution in [1.29, 1.82) is 0 Å². The topological polar surface area (TPSA) is 255 Å². The molecule has 1 fully saturated rings. The zero-order valence-electron chi connectivity index (χ0n) is 22.5. The smallest absolute Gasteiger partial charge is 0.352 e. The van der Waals surface area contributed by atoms with Gasteiger partial charge in [0.05, 0.1) is 6.21 Å². The fraction of sp³-hybridized carbons (Fsp3) is 0.208. The summed E-state index contributed by atoms with van der Waals surface area (Å²) in [7, 11) is 0. The van der Waals surface area contributed by atoms with E-state index in [0.717, 1.165) is 16.2 Å². The fourth-order valence-electron chi connectivity index (χ4n) is 3.97. The minimum Gasteiger partial charge on any atom is -0.504 e. The molecule has 3 aromatic rings. The van der Waals surface area contributed by atoms with Gasteiger partial charge in [0, 0.05) is 16.9 Å². The van der Waals surface area contributed by atoms with Gasteiger partial charge in [0.2, 0.25) is 0 Å². The number of amides is 3. The zero-order chi connectivity index (χ0) is 32.1. The number of aliphatic carboxylic acids is 1. The highest BCUT2D eigenvalue weighted by Gasteiger charge is 2.54. The van der Waals surface area contributed by atoms with Crippen LogP contribution in [0.25, 0.3) is 0 Å². The number of nitrogens with zero attached hydrogens (tertiary/aromatic N) is 6. The molecule has 45 heavy (non-hydrogen) atoms. The number of hydrogen-bond acceptors (Lipinski definition) is 17. The Kier molecular flexibility index (Phi) is 9.80. The highest BCUT2D eigenvalue weighted by molar-refractivity contribution is 8.01. The Hall–Kier alpha value is -4.73. The van der Waals surface area contributed by atoms with Gasteiger partial charge in [0.1, 0.15) is 28.3 Å². The Labute approximate surface area is 269 Å². The molecule has 1 saturated heterocycles. The number of aromatic hydroxyl groups is 2. The summed E-state index contributed by atoms with van der Waals surface area (Å²) < 4.78 is 0.664. The number of rotatable bonds is 12. The van der Waals surface area contributed by atoms with E-state index >= 15 is 0 Å². The Bertz CT molecular complexity index is 1730. The third kappa shape index (κ3) is 7.33. The van der Waals surface area contributed by atoms with Crippen LogP contribution in [0.5, 0.6) is 11.5 Å². The number of carbonyl (C=O) groups is 4. The molecule has 0 aliphatic carbocycles. The van der Waals surface area contributed by atoms with E-state index in [2.05, 4.69) is 36.2 Å². The second-order valence-corrected chi connectivity index (χ2v) is 13.0. The first-order chi connectivity index (χ1) is 21.6. The Morgan fingerprint density at radius 1 is 1.24 bits per heavy atom. The number of benzene rings is 1. The Morgan fingerprint density at radius 2 is 2.07 bits per heavy atom. The molecule has 234 valence electrons. The van der Waals surface area contributed by atoms with Crippen molar-refractivity contribution < 1.29 is 39.3 Å². The van der Waals surface area contributed by atoms with Crippen LogP contribution >= 0.6 is 46.2 Å². The Balaban J connectivity index is 1.22. The lowest BCUT2D eigenvalue weighted by Gasteiger charge is -2.49. The number of nitrogens with one attached hydrogen (secondary N) is 2. The summed E-state index contributed by atoms with van der Waals surface area (Å²) in [6, 6.07) is 2.87. The first-order valence-electron chi connectivity index (χ1n) is 12.5. The molecule has 1 unspecified atom stereocenters. The van der Waals surface area contributed by atoms with Crippen LogP contribution in [0, 0.1) is 0 Å². The van der Waals surface area contributed by atoms with Crippen LogP contribution in [0.3, 0.4) is 0 Å². The van der Waals surface area contributed by atoms with Crippen molar-refractivity contribution >= 4 is 86.9 Å². The molecular formula is C24H21N9O8S4. The van der Waals surface area contributed by atoms with Gasteiger partial charge in [-0.05, 0) is 29.3 Å². The number of thiazole rings is 1. The molecule has 0 spiro atoms. The second kappa shape index (κ2) is 13.9. The number of β-lactam (4-membered cyclic amide) rings is 1. The normalized spacial score (nSPS) is 18.0. The predicted octanol–water partition coefficient (Wildman–Crippen LogP) is 0.390. The molecule has 7 N–H and O–H groups in total. The number of hydrogen-bond donors (Lipinski definition) is 6. The van der Waals surface area contributed by atoms with Gasteiger partial charge in [-0.15, -0.1) is 33.3 Å². The van der Waals surface area contributed by atoms with Gasteiger partial charge in [-0.1, -0.05) is 28.3 Å². The molecule has 2 aromatic heterocycles. The van der Waals surface area contributed by atoms with Crippen molar-refractivity contribution in [3.63, 3.8) is 0 Å². The highest BCUT2D eigenvalue weighted by Crippen LogP contribution is 2.41. The number of oxime groups is 1. The maximum Gasteiger partial charge on any atom is 0.352 e. The number of carbonyl (C=O) groups excluding carboxylic acids is 3. The van der Waals surface area contributed by atoms with E-state index in [-0.39, 0.29) is 33.7 Å². The van der Waals surface area contributed by atoms with Crippen LogP contribution in [-0.4, -0.2) is 101 Å². The zero-order valence-corrected chi connectivity index (χ0v) is 25.8. The highest BCUT2D eigenvalue weighted by atomic mass is 32.2. The van der Waals surface area contributed by atoms with Gasteiger partial charge in [-0.3, -0.25) is 19.3 Å². The molecule has 2 atom stereocenters. The van der Waals surface area contributed by atoms with Crippen molar-refractivity contribution in [3.8, 4) is 11.5 Å². The number of hydrazone groups is 1. The quantitative estimate of drug-likeness (QED) is 0.0494. The first kappa shape index (κ1) is 31.7. The number of fused-ring (bicyclic) bond motifs is 1. The minimum absolute atomic E-state index is 0.0302. The van der Waals surface area contributed by atoms with Crippen molar-refractivity contribution in [1.82, 2.24) is 30.8 Å². The third-order valence-corrected chi connectivity index (χ3v) is 9.94. The van der Waals surface area contributed by atoms with Crippen LogP contribution < -0.4 is 16.5 Å². The summed E-state index contributed by atoms with van der Waals surface area (Å²) >= 11 is 4.96. The summed E-state index contributed by atoms with van der Waals surface area (Å²) in [5, 5.41) is 47.4. The summed E-state index contributed by atoms with van der Waals surface area (Å²) in [5.41, 5.74) is 9.91.